The van der Waals surface area contributed by atoms with E-state index in [1.165, 1.54) is 12.0 Å². The van der Waals surface area contributed by atoms with Crippen molar-refractivity contribution >= 4 is 11.9 Å². The second-order valence-corrected chi connectivity index (χ2v) is 3.58. The van der Waals surface area contributed by atoms with E-state index in [2.05, 4.69) is 9.72 Å². The summed E-state index contributed by atoms with van der Waals surface area (Å²) >= 11 is 0. The van der Waals surface area contributed by atoms with E-state index in [1.54, 1.807) is 31.4 Å². The van der Waals surface area contributed by atoms with Crippen molar-refractivity contribution in [1.82, 2.24) is 9.88 Å². The maximum atomic E-state index is 12.0. The Bertz CT molecular complexity index is 392. The molecule has 0 aliphatic rings. The first-order valence-electron chi connectivity index (χ1n) is 5.37. The zero-order valence-corrected chi connectivity index (χ0v) is 10.2. The van der Waals surface area contributed by atoms with Gasteiger partial charge in [-0.2, -0.15) is 0 Å². The number of hydrogen-bond acceptors (Lipinski definition) is 4. The first kappa shape index (κ1) is 13.2. The molecule has 1 atom stereocenters. The number of nitrogens with zero attached hydrogens (tertiary/aromatic N) is 2. The van der Waals surface area contributed by atoms with Crippen LogP contribution in [0, 0.1) is 0 Å². The third kappa shape index (κ3) is 3.03. The van der Waals surface area contributed by atoms with Crippen LogP contribution in [-0.2, 0) is 9.53 Å². The van der Waals surface area contributed by atoms with E-state index in [4.69, 9.17) is 0 Å². The van der Waals surface area contributed by atoms with Gasteiger partial charge in [0.15, 0.2) is 0 Å². The number of rotatable bonds is 4. The summed E-state index contributed by atoms with van der Waals surface area (Å²) in [5.41, 5.74) is 0.317. The molecule has 0 aromatic carbocycles. The number of carbonyl (C=O) groups is 2. The van der Waals surface area contributed by atoms with E-state index >= 15 is 0 Å². The van der Waals surface area contributed by atoms with Crippen LogP contribution in [0.5, 0.6) is 0 Å². The van der Waals surface area contributed by atoms with Crippen LogP contribution in [0.3, 0.4) is 0 Å². The standard InChI is InChI=1S/C12H16N2O3/c1-4-10(12(16)17-3)14(2)11(15)9-7-5-6-8-13-9/h5-8,10H,4H2,1-3H3/t10-/m0/s1. The summed E-state index contributed by atoms with van der Waals surface area (Å²) in [4.78, 5) is 28.8. The monoisotopic (exact) mass is 236 g/mol. The van der Waals surface area contributed by atoms with E-state index in [-0.39, 0.29) is 5.91 Å². The second-order valence-electron chi connectivity index (χ2n) is 3.58. The Balaban J connectivity index is 2.85. The first-order valence-corrected chi connectivity index (χ1v) is 5.37. The zero-order chi connectivity index (χ0) is 12.8. The highest BCUT2D eigenvalue weighted by Crippen LogP contribution is 2.08. The third-order valence-corrected chi connectivity index (χ3v) is 2.53. The minimum absolute atomic E-state index is 0.289. The number of esters is 1. The minimum Gasteiger partial charge on any atom is -0.467 e. The van der Waals surface area contributed by atoms with Crippen LogP contribution in [-0.4, -0.2) is 42.0 Å². The highest BCUT2D eigenvalue weighted by molar-refractivity contribution is 5.94. The van der Waals surface area contributed by atoms with E-state index in [0.717, 1.165) is 0 Å². The average molecular weight is 236 g/mol. The van der Waals surface area contributed by atoms with Gasteiger partial charge in [0.05, 0.1) is 7.11 Å². The molecular formula is C12H16N2O3. The molecule has 5 nitrogen and oxygen atoms in total. The van der Waals surface area contributed by atoms with E-state index in [1.807, 2.05) is 6.92 Å². The lowest BCUT2D eigenvalue weighted by Crippen LogP contribution is -2.42. The Labute approximate surface area is 100 Å². The van der Waals surface area contributed by atoms with Crippen molar-refractivity contribution in [3.05, 3.63) is 30.1 Å². The first-order chi connectivity index (χ1) is 8.11. The Morgan fingerprint density at radius 3 is 2.65 bits per heavy atom. The molecule has 1 aromatic heterocycles. The quantitative estimate of drug-likeness (QED) is 0.735. The number of aromatic nitrogens is 1. The summed E-state index contributed by atoms with van der Waals surface area (Å²) in [6.07, 6.45) is 2.04. The molecule has 0 unspecified atom stereocenters. The summed E-state index contributed by atoms with van der Waals surface area (Å²) in [7, 11) is 2.88. The Morgan fingerprint density at radius 2 is 2.18 bits per heavy atom. The number of hydrogen-bond donors (Lipinski definition) is 0. The molecule has 0 aliphatic carbocycles. The predicted octanol–water partition coefficient (Wildman–Crippen LogP) is 1.11. The summed E-state index contributed by atoms with van der Waals surface area (Å²) in [6.45, 7) is 1.82. The molecule has 0 saturated heterocycles. The number of pyridine rings is 1. The maximum Gasteiger partial charge on any atom is 0.328 e. The van der Waals surface area contributed by atoms with Gasteiger partial charge in [0.1, 0.15) is 11.7 Å². The minimum atomic E-state index is -0.575. The molecule has 0 bridgehead atoms. The van der Waals surface area contributed by atoms with Crippen molar-refractivity contribution in [3.63, 3.8) is 0 Å². The van der Waals surface area contributed by atoms with Crippen molar-refractivity contribution in [3.8, 4) is 0 Å². The molecule has 1 rings (SSSR count). The lowest BCUT2D eigenvalue weighted by molar-refractivity contribution is -0.145. The van der Waals surface area contributed by atoms with Gasteiger partial charge in [0.2, 0.25) is 0 Å². The second kappa shape index (κ2) is 5.98. The summed E-state index contributed by atoms with van der Waals surface area (Å²) in [5.74, 6) is -0.706. The van der Waals surface area contributed by atoms with Crippen molar-refractivity contribution in [2.75, 3.05) is 14.2 Å². The van der Waals surface area contributed by atoms with Crippen LogP contribution < -0.4 is 0 Å². The van der Waals surface area contributed by atoms with Crippen LogP contribution in [0.1, 0.15) is 23.8 Å². The average Bonchev–Trinajstić information content (AvgIpc) is 2.39. The molecule has 0 saturated carbocycles. The van der Waals surface area contributed by atoms with Crippen LogP contribution in [0.25, 0.3) is 0 Å². The fourth-order valence-electron chi connectivity index (χ4n) is 1.55. The van der Waals surface area contributed by atoms with Gasteiger partial charge in [0.25, 0.3) is 5.91 Å². The molecule has 0 fully saturated rings. The van der Waals surface area contributed by atoms with Gasteiger partial charge in [0, 0.05) is 13.2 Å². The molecule has 5 heteroatoms. The van der Waals surface area contributed by atoms with Crippen LogP contribution in [0.2, 0.25) is 0 Å². The Hall–Kier alpha value is -1.91. The molecule has 1 aromatic rings. The fraction of sp³-hybridized carbons (Fsp3) is 0.417. The molecular weight excluding hydrogens is 220 g/mol. The molecule has 1 heterocycles. The van der Waals surface area contributed by atoms with Gasteiger partial charge in [-0.1, -0.05) is 13.0 Å². The number of amides is 1. The summed E-state index contributed by atoms with van der Waals surface area (Å²) in [6, 6.07) is 4.50. The van der Waals surface area contributed by atoms with Crippen LogP contribution in [0.4, 0.5) is 0 Å². The predicted molar refractivity (Wildman–Crippen MR) is 62.4 cm³/mol. The lowest BCUT2D eigenvalue weighted by atomic mass is 10.2. The number of likely N-dealkylation sites (N-methyl/N-ethyl adjacent to an activating group) is 1. The lowest BCUT2D eigenvalue weighted by Gasteiger charge is -2.24. The Kier molecular flexibility index (Phi) is 4.63. The highest BCUT2D eigenvalue weighted by atomic mass is 16.5. The van der Waals surface area contributed by atoms with Gasteiger partial charge < -0.3 is 9.64 Å². The zero-order valence-electron chi connectivity index (χ0n) is 10.2. The Morgan fingerprint density at radius 1 is 1.47 bits per heavy atom. The van der Waals surface area contributed by atoms with E-state index in [9.17, 15) is 9.59 Å². The molecule has 0 N–H and O–H groups in total. The summed E-state index contributed by atoms with van der Waals surface area (Å²) in [5, 5.41) is 0. The fourth-order valence-corrected chi connectivity index (χ4v) is 1.55. The molecule has 92 valence electrons. The molecule has 0 aliphatic heterocycles. The van der Waals surface area contributed by atoms with E-state index in [0.29, 0.717) is 12.1 Å². The van der Waals surface area contributed by atoms with Crippen molar-refractivity contribution in [2.45, 2.75) is 19.4 Å². The molecule has 1 amide bonds. The van der Waals surface area contributed by atoms with Gasteiger partial charge >= 0.3 is 5.97 Å². The summed E-state index contributed by atoms with van der Waals surface area (Å²) < 4.78 is 4.66. The van der Waals surface area contributed by atoms with Gasteiger partial charge in [-0.15, -0.1) is 0 Å². The molecule has 0 radical (unpaired) electrons. The largest absolute Gasteiger partial charge is 0.467 e. The highest BCUT2D eigenvalue weighted by Gasteiger charge is 2.27. The van der Waals surface area contributed by atoms with E-state index < -0.39 is 12.0 Å². The van der Waals surface area contributed by atoms with Crippen molar-refractivity contribution < 1.29 is 14.3 Å². The topological polar surface area (TPSA) is 59.5 Å². The SMILES string of the molecule is CC[C@@H](C(=O)OC)N(C)C(=O)c1ccccn1. The van der Waals surface area contributed by atoms with Gasteiger partial charge in [-0.25, -0.2) is 4.79 Å². The smallest absolute Gasteiger partial charge is 0.328 e. The van der Waals surface area contributed by atoms with Gasteiger partial charge in [-0.3, -0.25) is 9.78 Å². The molecule has 0 spiro atoms. The van der Waals surface area contributed by atoms with Crippen LogP contribution >= 0.6 is 0 Å². The number of carbonyl (C=O) groups excluding carboxylic acids is 2. The third-order valence-electron chi connectivity index (χ3n) is 2.53. The number of methoxy groups -OCH3 is 1. The van der Waals surface area contributed by atoms with Gasteiger partial charge in [-0.05, 0) is 18.6 Å². The normalized spacial score (nSPS) is 11.7. The molecule has 17 heavy (non-hydrogen) atoms. The van der Waals surface area contributed by atoms with Crippen molar-refractivity contribution in [2.24, 2.45) is 0 Å². The van der Waals surface area contributed by atoms with Crippen LogP contribution in [0.15, 0.2) is 24.4 Å². The van der Waals surface area contributed by atoms with Crippen molar-refractivity contribution in [1.29, 1.82) is 0 Å². The maximum absolute atomic E-state index is 12.0. The number of ether oxygens (including phenoxy) is 1.